The van der Waals surface area contributed by atoms with E-state index < -0.39 is 9.84 Å². The largest absolute Gasteiger partial charge is 0.326 e. The van der Waals surface area contributed by atoms with Gasteiger partial charge >= 0.3 is 0 Å². The predicted molar refractivity (Wildman–Crippen MR) is 74.0 cm³/mol. The van der Waals surface area contributed by atoms with Gasteiger partial charge in [0.1, 0.15) is 0 Å². The molecule has 0 unspecified atom stereocenters. The van der Waals surface area contributed by atoms with Gasteiger partial charge in [0.25, 0.3) is 0 Å². The molecule has 5 heteroatoms. The van der Waals surface area contributed by atoms with Gasteiger partial charge in [0.2, 0.25) is 0 Å². The molecule has 0 aliphatic heterocycles. The molecule has 0 atom stereocenters. The Morgan fingerprint density at radius 1 is 1.24 bits per heavy atom. The summed E-state index contributed by atoms with van der Waals surface area (Å²) < 4.78 is 23.9. The van der Waals surface area contributed by atoms with E-state index in [9.17, 15) is 8.42 Å². The van der Waals surface area contributed by atoms with Gasteiger partial charge < -0.3 is 5.73 Å². The summed E-state index contributed by atoms with van der Waals surface area (Å²) in [6.45, 7) is 4.56. The Hall–Kier alpha value is -0.520. The van der Waals surface area contributed by atoms with Crippen molar-refractivity contribution in [2.45, 2.75) is 30.5 Å². The Labute approximate surface area is 108 Å². The minimum atomic E-state index is -3.14. The van der Waals surface area contributed by atoms with Crippen LogP contribution in [-0.2, 0) is 16.4 Å². The molecule has 0 bridgehead atoms. The molecule has 0 spiro atoms. The lowest BCUT2D eigenvalue weighted by molar-refractivity contribution is 0.597. The highest BCUT2D eigenvalue weighted by molar-refractivity contribution is 8.01. The molecule has 1 aromatic rings. The van der Waals surface area contributed by atoms with Crippen LogP contribution in [0.2, 0.25) is 0 Å². The van der Waals surface area contributed by atoms with Gasteiger partial charge in [-0.2, -0.15) is 11.8 Å². The summed E-state index contributed by atoms with van der Waals surface area (Å²) in [5, 5.41) is 0.463. The molecule has 0 fully saturated rings. The van der Waals surface area contributed by atoms with Gasteiger partial charge in [-0.15, -0.1) is 0 Å². The standard InChI is InChI=1S/C12H19NO2S2/c1-10(2)16-7-8-17(14,15)12-5-3-11(9-13)4-6-12/h3-6,10H,7-9,13H2,1-2H3. The van der Waals surface area contributed by atoms with Crippen LogP contribution in [0.15, 0.2) is 29.2 Å². The van der Waals surface area contributed by atoms with Crippen molar-refractivity contribution in [1.82, 2.24) is 0 Å². The van der Waals surface area contributed by atoms with Crippen LogP contribution in [0, 0.1) is 0 Å². The first-order valence-electron chi connectivity index (χ1n) is 5.59. The Morgan fingerprint density at radius 2 is 1.82 bits per heavy atom. The second-order valence-electron chi connectivity index (χ2n) is 4.09. The van der Waals surface area contributed by atoms with Crippen molar-refractivity contribution < 1.29 is 8.42 Å². The molecule has 17 heavy (non-hydrogen) atoms. The van der Waals surface area contributed by atoms with Crippen LogP contribution in [0.5, 0.6) is 0 Å². The molecule has 0 aliphatic carbocycles. The molecule has 0 aromatic heterocycles. The third-order valence-corrected chi connectivity index (χ3v) is 5.42. The minimum absolute atomic E-state index is 0.192. The van der Waals surface area contributed by atoms with Crippen LogP contribution in [-0.4, -0.2) is 25.2 Å². The second kappa shape index (κ2) is 6.42. The summed E-state index contributed by atoms with van der Waals surface area (Å²) in [6, 6.07) is 6.81. The first-order chi connectivity index (χ1) is 7.95. The van der Waals surface area contributed by atoms with Crippen molar-refractivity contribution in [2.24, 2.45) is 5.73 Å². The third-order valence-electron chi connectivity index (χ3n) is 2.32. The van der Waals surface area contributed by atoms with Crippen LogP contribution in [0.1, 0.15) is 19.4 Å². The highest BCUT2D eigenvalue weighted by Gasteiger charge is 2.14. The Kier molecular flexibility index (Phi) is 5.49. The average molecular weight is 273 g/mol. The van der Waals surface area contributed by atoms with Gasteiger partial charge in [-0.25, -0.2) is 8.42 Å². The Morgan fingerprint density at radius 3 is 2.29 bits per heavy atom. The number of hydrogen-bond acceptors (Lipinski definition) is 4. The highest BCUT2D eigenvalue weighted by Crippen LogP contribution is 2.16. The van der Waals surface area contributed by atoms with Crippen LogP contribution >= 0.6 is 11.8 Å². The SMILES string of the molecule is CC(C)SCCS(=O)(=O)c1ccc(CN)cc1. The average Bonchev–Trinajstić information content (AvgIpc) is 2.28. The predicted octanol–water partition coefficient (Wildman–Crippen LogP) is 2.06. The number of sulfone groups is 1. The summed E-state index contributed by atoms with van der Waals surface area (Å²) in [7, 11) is -3.14. The van der Waals surface area contributed by atoms with Gasteiger partial charge in [0, 0.05) is 12.3 Å². The second-order valence-corrected chi connectivity index (χ2v) is 7.88. The molecule has 0 saturated heterocycles. The van der Waals surface area contributed by atoms with E-state index in [0.29, 0.717) is 22.4 Å². The van der Waals surface area contributed by atoms with E-state index in [0.717, 1.165) is 5.56 Å². The van der Waals surface area contributed by atoms with Gasteiger partial charge in [-0.1, -0.05) is 26.0 Å². The first kappa shape index (κ1) is 14.5. The van der Waals surface area contributed by atoms with Crippen LogP contribution < -0.4 is 5.73 Å². The van der Waals surface area contributed by atoms with Crippen molar-refractivity contribution in [2.75, 3.05) is 11.5 Å². The zero-order chi connectivity index (χ0) is 12.9. The van der Waals surface area contributed by atoms with E-state index in [1.165, 1.54) is 0 Å². The maximum Gasteiger partial charge on any atom is 0.179 e. The molecular weight excluding hydrogens is 254 g/mol. The van der Waals surface area contributed by atoms with Crippen LogP contribution in [0.25, 0.3) is 0 Å². The molecule has 2 N–H and O–H groups in total. The molecule has 1 aromatic carbocycles. The van der Waals surface area contributed by atoms with E-state index in [4.69, 9.17) is 5.73 Å². The summed E-state index contributed by atoms with van der Waals surface area (Å²) in [4.78, 5) is 0.388. The summed E-state index contributed by atoms with van der Waals surface area (Å²) in [5.41, 5.74) is 6.41. The molecule has 0 radical (unpaired) electrons. The number of nitrogens with two attached hydrogens (primary N) is 1. The van der Waals surface area contributed by atoms with E-state index in [-0.39, 0.29) is 5.75 Å². The molecular formula is C12H19NO2S2. The van der Waals surface area contributed by atoms with E-state index in [2.05, 4.69) is 13.8 Å². The monoisotopic (exact) mass is 273 g/mol. The van der Waals surface area contributed by atoms with Gasteiger partial charge in [0.15, 0.2) is 9.84 Å². The fourth-order valence-electron chi connectivity index (χ4n) is 1.34. The fourth-order valence-corrected chi connectivity index (χ4v) is 3.86. The quantitative estimate of drug-likeness (QED) is 0.862. The number of rotatable bonds is 6. The van der Waals surface area contributed by atoms with Gasteiger partial charge in [-0.05, 0) is 22.9 Å². The van der Waals surface area contributed by atoms with Crippen LogP contribution in [0.4, 0.5) is 0 Å². The van der Waals surface area contributed by atoms with Gasteiger partial charge in [-0.3, -0.25) is 0 Å². The zero-order valence-electron chi connectivity index (χ0n) is 10.2. The van der Waals surface area contributed by atoms with E-state index in [1.807, 2.05) is 0 Å². The molecule has 1 rings (SSSR count). The normalized spacial score (nSPS) is 12.0. The molecule has 3 nitrogen and oxygen atoms in total. The number of hydrogen-bond donors (Lipinski definition) is 1. The number of benzene rings is 1. The Balaban J connectivity index is 2.68. The smallest absolute Gasteiger partial charge is 0.179 e. The molecule has 0 saturated carbocycles. The summed E-state index contributed by atoms with van der Waals surface area (Å²) in [6.07, 6.45) is 0. The van der Waals surface area contributed by atoms with Crippen LogP contribution in [0.3, 0.4) is 0 Å². The third kappa shape index (κ3) is 4.69. The molecule has 0 heterocycles. The Bertz CT molecular complexity index is 438. The fraction of sp³-hybridized carbons (Fsp3) is 0.500. The van der Waals surface area contributed by atoms with E-state index >= 15 is 0 Å². The maximum atomic E-state index is 12.0. The minimum Gasteiger partial charge on any atom is -0.326 e. The number of thioether (sulfide) groups is 1. The molecule has 96 valence electrons. The van der Waals surface area contributed by atoms with Crippen molar-refractivity contribution in [3.63, 3.8) is 0 Å². The molecule has 0 aliphatic rings. The summed E-state index contributed by atoms with van der Waals surface area (Å²) in [5.74, 6) is 0.830. The summed E-state index contributed by atoms with van der Waals surface area (Å²) >= 11 is 1.66. The lowest BCUT2D eigenvalue weighted by atomic mass is 10.2. The van der Waals surface area contributed by atoms with Crippen molar-refractivity contribution >= 4 is 21.6 Å². The van der Waals surface area contributed by atoms with E-state index in [1.54, 1.807) is 36.0 Å². The maximum absolute atomic E-state index is 12.0. The zero-order valence-corrected chi connectivity index (χ0v) is 11.9. The van der Waals surface area contributed by atoms with Crippen molar-refractivity contribution in [3.8, 4) is 0 Å². The lowest BCUT2D eigenvalue weighted by Gasteiger charge is -2.07. The first-order valence-corrected chi connectivity index (χ1v) is 8.29. The topological polar surface area (TPSA) is 60.2 Å². The van der Waals surface area contributed by atoms with Crippen molar-refractivity contribution in [3.05, 3.63) is 29.8 Å². The lowest BCUT2D eigenvalue weighted by Crippen LogP contribution is -2.10. The van der Waals surface area contributed by atoms with Crippen molar-refractivity contribution in [1.29, 1.82) is 0 Å². The van der Waals surface area contributed by atoms with Gasteiger partial charge in [0.05, 0.1) is 10.6 Å². The highest BCUT2D eigenvalue weighted by atomic mass is 32.2. The molecule has 0 amide bonds.